The summed E-state index contributed by atoms with van der Waals surface area (Å²) in [4.78, 5) is 60.6. The van der Waals surface area contributed by atoms with Gasteiger partial charge in [0.2, 0.25) is 0 Å². The van der Waals surface area contributed by atoms with Crippen molar-refractivity contribution in [3.8, 4) is 0 Å². The van der Waals surface area contributed by atoms with E-state index in [0.717, 1.165) is 16.0 Å². The summed E-state index contributed by atoms with van der Waals surface area (Å²) in [6, 6.07) is 6.84. The minimum Gasteiger partial charge on any atom is -0.480 e. The van der Waals surface area contributed by atoms with Gasteiger partial charge in [0, 0.05) is 25.7 Å². The molecular formula is C25H37N3O10. The van der Waals surface area contributed by atoms with E-state index in [1.807, 2.05) is 45.0 Å². The van der Waals surface area contributed by atoms with Gasteiger partial charge in [-0.05, 0) is 23.0 Å². The fourth-order valence-electron chi connectivity index (χ4n) is 3.99. The molecule has 1 rings (SSSR count). The van der Waals surface area contributed by atoms with Gasteiger partial charge in [-0.25, -0.2) is 0 Å². The highest BCUT2D eigenvalue weighted by molar-refractivity contribution is 5.73. The van der Waals surface area contributed by atoms with Gasteiger partial charge in [0.1, 0.15) is 0 Å². The van der Waals surface area contributed by atoms with Crippen molar-refractivity contribution in [2.24, 2.45) is 0 Å². The fraction of sp³-hybridized carbons (Fsp3) is 0.560. The Hall–Kier alpha value is -3.55. The van der Waals surface area contributed by atoms with Crippen molar-refractivity contribution in [1.82, 2.24) is 14.7 Å². The molecule has 0 aliphatic heterocycles. The lowest BCUT2D eigenvalue weighted by Crippen LogP contribution is -2.51. The molecule has 38 heavy (non-hydrogen) atoms. The zero-order valence-corrected chi connectivity index (χ0v) is 21.9. The van der Waals surface area contributed by atoms with Crippen LogP contribution in [0.5, 0.6) is 0 Å². The molecular weight excluding hydrogens is 502 g/mol. The Bertz CT molecular complexity index is 943. The molecule has 212 valence electrons. The molecule has 0 bridgehead atoms. The van der Waals surface area contributed by atoms with Gasteiger partial charge in [0.15, 0.2) is 0 Å². The van der Waals surface area contributed by atoms with Crippen LogP contribution >= 0.6 is 0 Å². The molecule has 0 aliphatic rings. The number of hydrogen-bond donors (Lipinski definition) is 5. The minimum absolute atomic E-state index is 0.0414. The summed E-state index contributed by atoms with van der Waals surface area (Å²) in [7, 11) is 0. The maximum absolute atomic E-state index is 11.6. The summed E-state index contributed by atoms with van der Waals surface area (Å²) < 4.78 is 0. The van der Waals surface area contributed by atoms with Crippen LogP contribution in [0, 0.1) is 0 Å². The quantitative estimate of drug-likeness (QED) is 0.170. The number of aliphatic carboxylic acids is 5. The van der Waals surface area contributed by atoms with E-state index in [1.54, 1.807) is 0 Å². The number of nitrogens with zero attached hydrogens (tertiary/aromatic N) is 3. The zero-order chi connectivity index (χ0) is 29.0. The van der Waals surface area contributed by atoms with E-state index in [9.17, 15) is 39.3 Å². The number of hydrogen-bond acceptors (Lipinski definition) is 8. The average molecular weight is 540 g/mol. The summed E-state index contributed by atoms with van der Waals surface area (Å²) in [5.41, 5.74) is 1.75. The Morgan fingerprint density at radius 3 is 1.45 bits per heavy atom. The van der Waals surface area contributed by atoms with Crippen molar-refractivity contribution in [2.45, 2.75) is 38.6 Å². The molecule has 1 aromatic rings. The summed E-state index contributed by atoms with van der Waals surface area (Å²) in [5, 5.41) is 46.4. The van der Waals surface area contributed by atoms with Crippen LogP contribution in [0.4, 0.5) is 0 Å². The summed E-state index contributed by atoms with van der Waals surface area (Å²) >= 11 is 0. The van der Waals surface area contributed by atoms with Crippen LogP contribution in [-0.4, -0.2) is 128 Å². The molecule has 13 heteroatoms. The molecule has 0 fully saturated rings. The smallest absolute Gasteiger partial charge is 0.317 e. The van der Waals surface area contributed by atoms with Crippen LogP contribution in [0.25, 0.3) is 0 Å². The van der Waals surface area contributed by atoms with Gasteiger partial charge in [0.25, 0.3) is 0 Å². The first-order valence-corrected chi connectivity index (χ1v) is 11.9. The van der Waals surface area contributed by atoms with Gasteiger partial charge >= 0.3 is 29.8 Å². The third kappa shape index (κ3) is 13.1. The maximum atomic E-state index is 11.6. The number of benzene rings is 1. The van der Waals surface area contributed by atoms with Crippen molar-refractivity contribution >= 4 is 29.8 Å². The van der Waals surface area contributed by atoms with Crippen LogP contribution < -0.4 is 0 Å². The molecule has 1 aromatic carbocycles. The highest BCUT2D eigenvalue weighted by Crippen LogP contribution is 2.23. The lowest BCUT2D eigenvalue weighted by Gasteiger charge is -2.34. The van der Waals surface area contributed by atoms with E-state index in [2.05, 4.69) is 0 Å². The maximum Gasteiger partial charge on any atom is 0.317 e. The normalized spacial score (nSPS) is 12.6. The third-order valence-corrected chi connectivity index (χ3v) is 5.76. The van der Waals surface area contributed by atoms with Gasteiger partial charge in [-0.1, -0.05) is 45.0 Å². The number of carbonyl (C=O) groups is 5. The van der Waals surface area contributed by atoms with Crippen LogP contribution in [-0.2, 0) is 35.8 Å². The Labute approximate surface area is 220 Å². The molecule has 0 radical (unpaired) electrons. The zero-order valence-electron chi connectivity index (χ0n) is 21.9. The first-order valence-electron chi connectivity index (χ1n) is 11.9. The van der Waals surface area contributed by atoms with Gasteiger partial charge in [-0.2, -0.15) is 0 Å². The number of carboxylic acid groups (broad SMARTS) is 5. The Morgan fingerprint density at radius 1 is 0.658 bits per heavy atom. The summed E-state index contributed by atoms with van der Waals surface area (Å²) in [6.45, 7) is 3.14. The van der Waals surface area contributed by atoms with E-state index < -0.39 is 68.6 Å². The number of rotatable bonds is 18. The molecule has 0 unspecified atom stereocenters. The van der Waals surface area contributed by atoms with Crippen LogP contribution in [0.3, 0.4) is 0 Å². The highest BCUT2D eigenvalue weighted by atomic mass is 16.4. The molecule has 1 atom stereocenters. The minimum atomic E-state index is -1.25. The molecule has 0 spiro atoms. The van der Waals surface area contributed by atoms with E-state index in [0.29, 0.717) is 0 Å². The monoisotopic (exact) mass is 539 g/mol. The summed E-state index contributed by atoms with van der Waals surface area (Å²) in [6.07, 6.45) is 0.217. The predicted octanol–water partition coefficient (Wildman–Crippen LogP) is 0.224. The average Bonchev–Trinajstić information content (AvgIpc) is 2.74. The second-order valence-corrected chi connectivity index (χ2v) is 10.1. The van der Waals surface area contributed by atoms with Crippen LogP contribution in [0.1, 0.15) is 31.9 Å². The Kier molecular flexibility index (Phi) is 12.8. The van der Waals surface area contributed by atoms with Crippen molar-refractivity contribution < 1.29 is 49.5 Å². The van der Waals surface area contributed by atoms with Gasteiger partial charge < -0.3 is 25.5 Å². The lowest BCUT2D eigenvalue weighted by atomic mass is 9.86. The van der Waals surface area contributed by atoms with Gasteiger partial charge in [0.05, 0.1) is 32.7 Å². The second-order valence-electron chi connectivity index (χ2n) is 10.1. The molecule has 0 amide bonds. The SMILES string of the molecule is CC(C)(C)c1ccc(C[C@H](CN(CCN(CC(=O)O)CC(=O)O)CC(=O)O)N(CC(=O)O)CC(=O)O)cc1. The fourth-order valence-corrected chi connectivity index (χ4v) is 3.99. The molecule has 0 aromatic heterocycles. The molecule has 0 aliphatic carbocycles. The molecule has 13 nitrogen and oxygen atoms in total. The largest absolute Gasteiger partial charge is 0.480 e. The van der Waals surface area contributed by atoms with E-state index in [-0.39, 0.29) is 31.5 Å². The first kappa shape index (κ1) is 32.5. The third-order valence-electron chi connectivity index (χ3n) is 5.76. The standard InChI is InChI=1S/C25H37N3O10/c1-25(2,3)18-6-4-17(5-7-18)10-19(28(15-23(35)36)16-24(37)38)11-26(12-20(29)30)8-9-27(13-21(31)32)14-22(33)34/h4-7,19H,8-16H2,1-3H3,(H,29,30)(H,31,32)(H,33,34)(H,35,36)(H,37,38)/t19-/m1/s1. The van der Waals surface area contributed by atoms with E-state index >= 15 is 0 Å². The van der Waals surface area contributed by atoms with Gasteiger partial charge in [-0.15, -0.1) is 0 Å². The van der Waals surface area contributed by atoms with Crippen molar-refractivity contribution in [3.05, 3.63) is 35.4 Å². The molecule has 0 saturated heterocycles. The van der Waals surface area contributed by atoms with Gasteiger partial charge in [-0.3, -0.25) is 38.7 Å². The second kappa shape index (κ2) is 15.0. The highest BCUT2D eigenvalue weighted by Gasteiger charge is 2.27. The van der Waals surface area contributed by atoms with Crippen molar-refractivity contribution in [3.63, 3.8) is 0 Å². The van der Waals surface area contributed by atoms with E-state index in [4.69, 9.17) is 10.2 Å². The van der Waals surface area contributed by atoms with Crippen LogP contribution in [0.2, 0.25) is 0 Å². The van der Waals surface area contributed by atoms with Crippen LogP contribution in [0.15, 0.2) is 24.3 Å². The summed E-state index contributed by atoms with van der Waals surface area (Å²) in [5.74, 6) is -6.20. The lowest BCUT2D eigenvalue weighted by molar-refractivity contribution is -0.144. The topological polar surface area (TPSA) is 196 Å². The van der Waals surface area contributed by atoms with Crippen molar-refractivity contribution in [1.29, 1.82) is 0 Å². The molecule has 0 heterocycles. The first-order chi connectivity index (χ1) is 17.6. The van der Waals surface area contributed by atoms with E-state index in [1.165, 1.54) is 9.80 Å². The Balaban J connectivity index is 3.26. The molecule has 5 N–H and O–H groups in total. The molecule has 0 saturated carbocycles. The Morgan fingerprint density at radius 2 is 1.05 bits per heavy atom. The van der Waals surface area contributed by atoms with Crippen molar-refractivity contribution in [2.75, 3.05) is 52.4 Å². The number of carboxylic acids is 5. The predicted molar refractivity (Wildman–Crippen MR) is 135 cm³/mol.